The fourth-order valence-electron chi connectivity index (χ4n) is 2.19. The number of aromatic nitrogens is 2. The molecule has 2 rings (SSSR count). The summed E-state index contributed by atoms with van der Waals surface area (Å²) in [6, 6.07) is 0. The van der Waals surface area contributed by atoms with Crippen LogP contribution in [0.5, 0.6) is 0 Å². The summed E-state index contributed by atoms with van der Waals surface area (Å²) in [6.07, 6.45) is 4.22. The molecule has 1 aromatic rings. The second kappa shape index (κ2) is 6.11. The summed E-state index contributed by atoms with van der Waals surface area (Å²) in [7, 11) is 0. The summed E-state index contributed by atoms with van der Waals surface area (Å²) in [5.41, 5.74) is 0.955. The van der Waals surface area contributed by atoms with Crippen molar-refractivity contribution >= 4 is 5.82 Å². The van der Waals surface area contributed by atoms with Crippen LogP contribution < -0.4 is 4.90 Å². The van der Waals surface area contributed by atoms with Crippen LogP contribution in [-0.2, 0) is 0 Å². The van der Waals surface area contributed by atoms with E-state index in [4.69, 9.17) is 0 Å². The topological polar surface area (TPSA) is 52.5 Å². The van der Waals surface area contributed by atoms with Crippen molar-refractivity contribution < 1.29 is 5.11 Å². The van der Waals surface area contributed by atoms with Crippen LogP contribution in [0.3, 0.4) is 0 Å². The number of nitrogens with zero attached hydrogens (tertiary/aromatic N) is 4. The minimum absolute atomic E-state index is 0.199. The first-order valence-corrected chi connectivity index (χ1v) is 6.63. The number of aliphatic hydroxyl groups is 1. The Morgan fingerprint density at radius 3 is 2.61 bits per heavy atom. The molecule has 18 heavy (non-hydrogen) atoms. The molecule has 1 N–H and O–H groups in total. The molecule has 1 aromatic heterocycles. The van der Waals surface area contributed by atoms with Crippen molar-refractivity contribution in [1.82, 2.24) is 14.9 Å². The van der Waals surface area contributed by atoms with Gasteiger partial charge in [-0.05, 0) is 13.3 Å². The van der Waals surface area contributed by atoms with Crippen LogP contribution >= 0.6 is 0 Å². The van der Waals surface area contributed by atoms with Crippen LogP contribution in [-0.4, -0.2) is 58.8 Å². The van der Waals surface area contributed by atoms with Crippen LogP contribution in [0.25, 0.3) is 0 Å². The van der Waals surface area contributed by atoms with Gasteiger partial charge in [-0.15, -0.1) is 0 Å². The average molecular weight is 250 g/mol. The maximum Gasteiger partial charge on any atom is 0.147 e. The Morgan fingerprint density at radius 2 is 2.00 bits per heavy atom. The summed E-state index contributed by atoms with van der Waals surface area (Å²) < 4.78 is 0. The standard InChI is InChI=1S/C13H22N4O/c1-3-12(18)10-16-4-6-17(7-5-16)13-9-14-8-11(2)15-13/h8-9,12,18H,3-7,10H2,1-2H3. The van der Waals surface area contributed by atoms with E-state index < -0.39 is 0 Å². The molecule has 0 saturated carbocycles. The Morgan fingerprint density at radius 1 is 1.28 bits per heavy atom. The van der Waals surface area contributed by atoms with Crippen molar-refractivity contribution in [1.29, 1.82) is 0 Å². The molecule has 2 heterocycles. The lowest BCUT2D eigenvalue weighted by molar-refractivity contribution is 0.106. The van der Waals surface area contributed by atoms with E-state index in [0.29, 0.717) is 0 Å². The van der Waals surface area contributed by atoms with Gasteiger partial charge in [0.15, 0.2) is 0 Å². The van der Waals surface area contributed by atoms with E-state index in [2.05, 4.69) is 19.8 Å². The SMILES string of the molecule is CCC(O)CN1CCN(c2cncc(C)n2)CC1. The van der Waals surface area contributed by atoms with Gasteiger partial charge in [-0.25, -0.2) is 4.98 Å². The Balaban J connectivity index is 1.87. The second-order valence-electron chi connectivity index (χ2n) is 4.87. The first-order valence-electron chi connectivity index (χ1n) is 6.63. The second-order valence-corrected chi connectivity index (χ2v) is 4.87. The van der Waals surface area contributed by atoms with Gasteiger partial charge in [0.2, 0.25) is 0 Å². The molecule has 100 valence electrons. The third kappa shape index (κ3) is 3.40. The highest BCUT2D eigenvalue weighted by Gasteiger charge is 2.19. The van der Waals surface area contributed by atoms with E-state index in [0.717, 1.165) is 50.7 Å². The highest BCUT2D eigenvalue weighted by molar-refractivity contribution is 5.36. The molecule has 0 radical (unpaired) electrons. The predicted molar refractivity (Wildman–Crippen MR) is 71.7 cm³/mol. The van der Waals surface area contributed by atoms with E-state index in [9.17, 15) is 5.11 Å². The highest BCUT2D eigenvalue weighted by Crippen LogP contribution is 2.13. The van der Waals surface area contributed by atoms with E-state index in [1.807, 2.05) is 20.0 Å². The van der Waals surface area contributed by atoms with Crippen molar-refractivity contribution in [3.63, 3.8) is 0 Å². The van der Waals surface area contributed by atoms with Gasteiger partial charge in [0.1, 0.15) is 5.82 Å². The van der Waals surface area contributed by atoms with Gasteiger partial charge in [-0.3, -0.25) is 9.88 Å². The van der Waals surface area contributed by atoms with Crippen molar-refractivity contribution in [3.05, 3.63) is 18.1 Å². The summed E-state index contributed by atoms with van der Waals surface area (Å²) in [6.45, 7) is 8.62. The molecule has 1 atom stereocenters. The van der Waals surface area contributed by atoms with Crippen LogP contribution in [0.15, 0.2) is 12.4 Å². The van der Waals surface area contributed by atoms with E-state index in [1.54, 1.807) is 6.20 Å². The third-order valence-electron chi connectivity index (χ3n) is 3.38. The summed E-state index contributed by atoms with van der Waals surface area (Å²) in [4.78, 5) is 13.2. The monoisotopic (exact) mass is 250 g/mol. The zero-order valence-corrected chi connectivity index (χ0v) is 11.2. The molecule has 0 aromatic carbocycles. The number of rotatable bonds is 4. The lowest BCUT2D eigenvalue weighted by atomic mass is 10.2. The minimum Gasteiger partial charge on any atom is -0.392 e. The number of aryl methyl sites for hydroxylation is 1. The smallest absolute Gasteiger partial charge is 0.147 e. The quantitative estimate of drug-likeness (QED) is 0.851. The lowest BCUT2D eigenvalue weighted by Gasteiger charge is -2.36. The van der Waals surface area contributed by atoms with Gasteiger partial charge >= 0.3 is 0 Å². The fraction of sp³-hybridized carbons (Fsp3) is 0.692. The number of hydrogen-bond acceptors (Lipinski definition) is 5. The van der Waals surface area contributed by atoms with Crippen molar-refractivity contribution in [2.75, 3.05) is 37.6 Å². The normalized spacial score (nSPS) is 18.9. The van der Waals surface area contributed by atoms with Gasteiger partial charge < -0.3 is 10.0 Å². The molecule has 0 aliphatic carbocycles. The van der Waals surface area contributed by atoms with E-state index >= 15 is 0 Å². The number of hydrogen-bond donors (Lipinski definition) is 1. The summed E-state index contributed by atoms with van der Waals surface area (Å²) >= 11 is 0. The number of piperazine rings is 1. The Labute approximate surface area is 108 Å². The molecular formula is C13H22N4O. The van der Waals surface area contributed by atoms with Gasteiger partial charge in [-0.1, -0.05) is 6.92 Å². The maximum absolute atomic E-state index is 9.65. The lowest BCUT2D eigenvalue weighted by Crippen LogP contribution is -2.48. The molecule has 1 aliphatic heterocycles. The molecule has 5 nitrogen and oxygen atoms in total. The summed E-state index contributed by atoms with van der Waals surface area (Å²) in [5, 5.41) is 9.65. The minimum atomic E-state index is -0.199. The molecule has 5 heteroatoms. The third-order valence-corrected chi connectivity index (χ3v) is 3.38. The van der Waals surface area contributed by atoms with Crippen molar-refractivity contribution in [2.45, 2.75) is 26.4 Å². The Kier molecular flexibility index (Phi) is 4.49. The van der Waals surface area contributed by atoms with E-state index in [1.165, 1.54) is 0 Å². The molecule has 1 fully saturated rings. The average Bonchev–Trinajstić information content (AvgIpc) is 2.39. The first-order chi connectivity index (χ1) is 8.69. The fourth-order valence-corrected chi connectivity index (χ4v) is 2.19. The molecule has 0 bridgehead atoms. The highest BCUT2D eigenvalue weighted by atomic mass is 16.3. The number of anilines is 1. The van der Waals surface area contributed by atoms with Gasteiger partial charge in [0.05, 0.1) is 18.0 Å². The van der Waals surface area contributed by atoms with Crippen molar-refractivity contribution in [2.24, 2.45) is 0 Å². The Hall–Kier alpha value is -1.20. The molecule has 0 amide bonds. The zero-order valence-electron chi connectivity index (χ0n) is 11.2. The molecule has 1 saturated heterocycles. The maximum atomic E-state index is 9.65. The predicted octanol–water partition coefficient (Wildman–Crippen LogP) is 0.678. The number of aliphatic hydroxyl groups excluding tert-OH is 1. The Bertz CT molecular complexity index is 377. The van der Waals surface area contributed by atoms with E-state index in [-0.39, 0.29) is 6.10 Å². The first kappa shape index (κ1) is 13.2. The number of β-amino-alcohol motifs (C(OH)–C–C–N with tert-alkyl or cyclic N) is 1. The summed E-state index contributed by atoms with van der Waals surface area (Å²) in [5.74, 6) is 0.964. The van der Waals surface area contributed by atoms with Crippen LogP contribution in [0.1, 0.15) is 19.0 Å². The van der Waals surface area contributed by atoms with Crippen LogP contribution in [0, 0.1) is 6.92 Å². The van der Waals surface area contributed by atoms with Gasteiger partial charge in [-0.2, -0.15) is 0 Å². The van der Waals surface area contributed by atoms with Gasteiger partial charge in [0, 0.05) is 38.9 Å². The zero-order chi connectivity index (χ0) is 13.0. The van der Waals surface area contributed by atoms with Crippen molar-refractivity contribution in [3.8, 4) is 0 Å². The molecular weight excluding hydrogens is 228 g/mol. The molecule has 1 aliphatic rings. The molecule has 1 unspecified atom stereocenters. The van der Waals surface area contributed by atoms with Gasteiger partial charge in [0.25, 0.3) is 0 Å². The van der Waals surface area contributed by atoms with Crippen LogP contribution in [0.4, 0.5) is 5.82 Å². The molecule has 0 spiro atoms. The largest absolute Gasteiger partial charge is 0.392 e. The van der Waals surface area contributed by atoms with Crippen LogP contribution in [0.2, 0.25) is 0 Å².